The third-order valence-corrected chi connectivity index (χ3v) is 4.00. The number of nitrogens with zero attached hydrogens (tertiary/aromatic N) is 3. The number of ether oxygens (including phenoxy) is 1. The fraction of sp³-hybridized carbons (Fsp3) is 0.316. The van der Waals surface area contributed by atoms with Crippen molar-refractivity contribution in [1.82, 2.24) is 15.3 Å². The molecule has 2 aromatic rings. The molecule has 1 aliphatic rings. The van der Waals surface area contributed by atoms with Gasteiger partial charge in [-0.2, -0.15) is 0 Å². The smallest absolute Gasteiger partial charge is 0.270 e. The molecule has 0 radical (unpaired) electrons. The minimum atomic E-state index is -0.250. The summed E-state index contributed by atoms with van der Waals surface area (Å²) < 4.78 is 5.44. The van der Waals surface area contributed by atoms with E-state index < -0.39 is 0 Å². The SMILES string of the molecule is C=CCNC(=O)c1cc(Nc2ccccc2N2CCOCC2)nc(C)n1. The van der Waals surface area contributed by atoms with Gasteiger partial charge in [-0.25, -0.2) is 9.97 Å². The molecule has 7 heteroatoms. The van der Waals surface area contributed by atoms with Crippen molar-refractivity contribution in [2.45, 2.75) is 6.92 Å². The Hall–Kier alpha value is -2.93. The summed E-state index contributed by atoms with van der Waals surface area (Å²) >= 11 is 0. The number of aromatic nitrogens is 2. The summed E-state index contributed by atoms with van der Waals surface area (Å²) in [5.74, 6) is 0.865. The summed E-state index contributed by atoms with van der Waals surface area (Å²) in [7, 11) is 0. The highest BCUT2D eigenvalue weighted by Gasteiger charge is 2.16. The first-order valence-electron chi connectivity index (χ1n) is 8.61. The number of anilines is 3. The van der Waals surface area contributed by atoms with Gasteiger partial charge in [-0.05, 0) is 19.1 Å². The zero-order valence-electron chi connectivity index (χ0n) is 14.9. The van der Waals surface area contributed by atoms with Crippen LogP contribution in [0, 0.1) is 6.92 Å². The van der Waals surface area contributed by atoms with E-state index in [0.717, 1.165) is 24.5 Å². The highest BCUT2D eigenvalue weighted by Crippen LogP contribution is 2.28. The zero-order chi connectivity index (χ0) is 18.4. The summed E-state index contributed by atoms with van der Waals surface area (Å²) in [5, 5.41) is 6.06. The van der Waals surface area contributed by atoms with Gasteiger partial charge in [0, 0.05) is 25.7 Å². The second-order valence-electron chi connectivity index (χ2n) is 5.93. The van der Waals surface area contributed by atoms with Crippen LogP contribution in [0.4, 0.5) is 17.2 Å². The number of nitrogens with one attached hydrogen (secondary N) is 2. The van der Waals surface area contributed by atoms with Crippen LogP contribution in [0.15, 0.2) is 43.0 Å². The van der Waals surface area contributed by atoms with Gasteiger partial charge >= 0.3 is 0 Å². The predicted molar refractivity (Wildman–Crippen MR) is 102 cm³/mol. The van der Waals surface area contributed by atoms with Crippen LogP contribution in [0.1, 0.15) is 16.3 Å². The number of amides is 1. The van der Waals surface area contributed by atoms with E-state index in [-0.39, 0.29) is 5.91 Å². The van der Waals surface area contributed by atoms with E-state index in [1.54, 1.807) is 19.1 Å². The van der Waals surface area contributed by atoms with Crippen LogP contribution in [-0.2, 0) is 4.74 Å². The van der Waals surface area contributed by atoms with Crippen molar-refractivity contribution >= 4 is 23.1 Å². The van der Waals surface area contributed by atoms with E-state index >= 15 is 0 Å². The monoisotopic (exact) mass is 353 g/mol. The molecule has 1 aromatic carbocycles. The van der Waals surface area contributed by atoms with Crippen LogP contribution in [-0.4, -0.2) is 48.7 Å². The van der Waals surface area contributed by atoms with E-state index in [9.17, 15) is 4.79 Å². The summed E-state index contributed by atoms with van der Waals surface area (Å²) in [6, 6.07) is 9.70. The molecule has 0 atom stereocenters. The van der Waals surface area contributed by atoms with Gasteiger partial charge in [0.1, 0.15) is 17.3 Å². The van der Waals surface area contributed by atoms with Gasteiger partial charge in [0.15, 0.2) is 0 Å². The highest BCUT2D eigenvalue weighted by atomic mass is 16.5. The van der Waals surface area contributed by atoms with Crippen LogP contribution >= 0.6 is 0 Å². The lowest BCUT2D eigenvalue weighted by molar-refractivity contribution is 0.0952. The van der Waals surface area contributed by atoms with Crippen LogP contribution in [0.25, 0.3) is 0 Å². The first kappa shape index (κ1) is 17.9. The van der Waals surface area contributed by atoms with Crippen LogP contribution in [0.3, 0.4) is 0 Å². The molecular weight excluding hydrogens is 330 g/mol. The molecule has 1 aliphatic heterocycles. The number of hydrogen-bond acceptors (Lipinski definition) is 6. The van der Waals surface area contributed by atoms with Gasteiger partial charge in [-0.15, -0.1) is 6.58 Å². The molecule has 1 aromatic heterocycles. The number of aryl methyl sites for hydroxylation is 1. The number of para-hydroxylation sites is 2. The normalized spacial score (nSPS) is 14.0. The Balaban J connectivity index is 1.84. The molecule has 0 aliphatic carbocycles. The molecule has 0 saturated carbocycles. The lowest BCUT2D eigenvalue weighted by Gasteiger charge is -2.30. The molecule has 0 bridgehead atoms. The Morgan fingerprint density at radius 3 is 2.85 bits per heavy atom. The molecule has 1 amide bonds. The fourth-order valence-corrected chi connectivity index (χ4v) is 2.80. The van der Waals surface area contributed by atoms with E-state index in [1.165, 1.54) is 0 Å². The number of carbonyl (C=O) groups excluding carboxylic acids is 1. The summed E-state index contributed by atoms with van der Waals surface area (Å²) in [6.45, 7) is 8.88. The van der Waals surface area contributed by atoms with Crippen molar-refractivity contribution in [2.24, 2.45) is 0 Å². The second-order valence-corrected chi connectivity index (χ2v) is 5.93. The van der Waals surface area contributed by atoms with Gasteiger partial charge in [0.25, 0.3) is 5.91 Å². The van der Waals surface area contributed by atoms with Crippen LogP contribution in [0.5, 0.6) is 0 Å². The Bertz CT molecular complexity index is 787. The molecule has 1 fully saturated rings. The Labute approximate surface area is 153 Å². The topological polar surface area (TPSA) is 79.4 Å². The third kappa shape index (κ3) is 4.37. The Morgan fingerprint density at radius 1 is 1.31 bits per heavy atom. The molecule has 0 unspecified atom stereocenters. The van der Waals surface area contributed by atoms with Gasteiger partial charge < -0.3 is 20.3 Å². The molecule has 0 spiro atoms. The lowest BCUT2D eigenvalue weighted by atomic mass is 10.2. The first-order chi connectivity index (χ1) is 12.7. The largest absolute Gasteiger partial charge is 0.378 e. The van der Waals surface area contributed by atoms with E-state index in [1.807, 2.05) is 18.2 Å². The Kier molecular flexibility index (Phi) is 5.80. The summed E-state index contributed by atoms with van der Waals surface area (Å²) in [5.41, 5.74) is 2.35. The van der Waals surface area contributed by atoms with Crippen LogP contribution < -0.4 is 15.5 Å². The van der Waals surface area contributed by atoms with Crippen molar-refractivity contribution in [3.05, 3.63) is 54.5 Å². The Morgan fingerprint density at radius 2 is 2.08 bits per heavy atom. The first-order valence-corrected chi connectivity index (χ1v) is 8.61. The fourth-order valence-electron chi connectivity index (χ4n) is 2.80. The predicted octanol–water partition coefficient (Wildman–Crippen LogP) is 2.28. The van der Waals surface area contributed by atoms with Crippen molar-refractivity contribution in [3.8, 4) is 0 Å². The molecule has 7 nitrogen and oxygen atoms in total. The average molecular weight is 353 g/mol. The van der Waals surface area contributed by atoms with Crippen molar-refractivity contribution in [3.63, 3.8) is 0 Å². The van der Waals surface area contributed by atoms with E-state index in [4.69, 9.17) is 4.74 Å². The van der Waals surface area contributed by atoms with Crippen LogP contribution in [0.2, 0.25) is 0 Å². The molecule has 2 heterocycles. The van der Waals surface area contributed by atoms with Gasteiger partial charge in [-0.3, -0.25) is 4.79 Å². The third-order valence-electron chi connectivity index (χ3n) is 4.00. The highest BCUT2D eigenvalue weighted by molar-refractivity contribution is 5.93. The van der Waals surface area contributed by atoms with Gasteiger partial charge in [0.05, 0.1) is 24.6 Å². The van der Waals surface area contributed by atoms with Crippen molar-refractivity contribution < 1.29 is 9.53 Å². The number of carbonyl (C=O) groups is 1. The lowest BCUT2D eigenvalue weighted by Crippen LogP contribution is -2.36. The maximum Gasteiger partial charge on any atom is 0.270 e. The summed E-state index contributed by atoms with van der Waals surface area (Å²) in [6.07, 6.45) is 1.63. The molecule has 26 heavy (non-hydrogen) atoms. The number of rotatable bonds is 6. The van der Waals surface area contributed by atoms with Gasteiger partial charge in [0.2, 0.25) is 0 Å². The standard InChI is InChI=1S/C19H23N5O2/c1-3-8-20-19(25)16-13-18(22-14(2)21-16)23-15-6-4-5-7-17(15)24-9-11-26-12-10-24/h3-7,13H,1,8-12H2,2H3,(H,20,25)(H,21,22,23). The average Bonchev–Trinajstić information content (AvgIpc) is 2.67. The minimum absolute atomic E-state index is 0.250. The van der Waals surface area contributed by atoms with Gasteiger partial charge in [-0.1, -0.05) is 18.2 Å². The van der Waals surface area contributed by atoms with E-state index in [0.29, 0.717) is 37.1 Å². The maximum absolute atomic E-state index is 12.2. The number of morpholine rings is 1. The molecule has 3 rings (SSSR count). The molecule has 1 saturated heterocycles. The number of hydrogen-bond donors (Lipinski definition) is 2. The zero-order valence-corrected chi connectivity index (χ0v) is 14.9. The molecular formula is C19H23N5O2. The van der Waals surface area contributed by atoms with E-state index in [2.05, 4.69) is 38.1 Å². The second kappa shape index (κ2) is 8.44. The minimum Gasteiger partial charge on any atom is -0.378 e. The number of benzene rings is 1. The van der Waals surface area contributed by atoms with Crippen molar-refractivity contribution in [1.29, 1.82) is 0 Å². The maximum atomic E-state index is 12.2. The molecule has 136 valence electrons. The molecule has 2 N–H and O–H groups in total. The quantitative estimate of drug-likeness (QED) is 0.776. The summed E-state index contributed by atoms with van der Waals surface area (Å²) in [4.78, 5) is 23.1. The van der Waals surface area contributed by atoms with Crippen molar-refractivity contribution in [2.75, 3.05) is 43.1 Å².